The fraction of sp³-hybridized carbons (Fsp3) is 0.278. The van der Waals surface area contributed by atoms with Crippen molar-refractivity contribution in [1.29, 1.82) is 0 Å². The van der Waals surface area contributed by atoms with Gasteiger partial charge in [0.15, 0.2) is 5.96 Å². The van der Waals surface area contributed by atoms with Gasteiger partial charge in [-0.1, -0.05) is 24.3 Å². The number of hydrogen-bond acceptors (Lipinski definition) is 3. The first-order valence-corrected chi connectivity index (χ1v) is 7.91. The number of nitrogens with one attached hydrogen (secondary N) is 1. The molecule has 0 atom stereocenters. The summed E-state index contributed by atoms with van der Waals surface area (Å²) in [5.74, 6) is 0.413. The lowest BCUT2D eigenvalue weighted by molar-refractivity contribution is -0.384. The molecule has 24 heavy (non-hydrogen) atoms. The number of rotatable bonds is 7. The van der Waals surface area contributed by atoms with Crippen LogP contribution in [0.2, 0.25) is 0 Å². The highest BCUT2D eigenvalue weighted by Gasteiger charge is 2.03. The highest BCUT2D eigenvalue weighted by atomic mass is 16.6. The number of hydrogen-bond donors (Lipinski definition) is 2. The summed E-state index contributed by atoms with van der Waals surface area (Å²) in [5.41, 5.74) is 9.18. The highest BCUT2D eigenvalue weighted by Crippen LogP contribution is 2.13. The van der Waals surface area contributed by atoms with Crippen LogP contribution in [0.25, 0.3) is 0 Å². The number of nitro benzene ring substituents is 1. The predicted octanol–water partition coefficient (Wildman–Crippen LogP) is 3.65. The summed E-state index contributed by atoms with van der Waals surface area (Å²) in [5, 5.41) is 13.7. The lowest BCUT2D eigenvalue weighted by Crippen LogP contribution is -2.22. The zero-order chi connectivity index (χ0) is 17.4. The number of nitrogens with zero attached hydrogens (tertiary/aromatic N) is 2. The van der Waals surface area contributed by atoms with E-state index >= 15 is 0 Å². The Balaban J connectivity index is 1.71. The summed E-state index contributed by atoms with van der Waals surface area (Å²) >= 11 is 0. The molecule has 0 heterocycles. The van der Waals surface area contributed by atoms with Gasteiger partial charge in [0.1, 0.15) is 0 Å². The van der Waals surface area contributed by atoms with Crippen molar-refractivity contribution in [2.24, 2.45) is 10.7 Å². The Labute approximate surface area is 141 Å². The quantitative estimate of drug-likeness (QED) is 0.267. The molecule has 2 rings (SSSR count). The van der Waals surface area contributed by atoms with Crippen molar-refractivity contribution >= 4 is 17.3 Å². The molecule has 0 aromatic heterocycles. The van der Waals surface area contributed by atoms with Gasteiger partial charge in [0.2, 0.25) is 0 Å². The lowest BCUT2D eigenvalue weighted by Gasteiger charge is -2.06. The first-order chi connectivity index (χ1) is 11.5. The second-order valence-electron chi connectivity index (χ2n) is 5.64. The van der Waals surface area contributed by atoms with Crippen LogP contribution < -0.4 is 11.1 Å². The van der Waals surface area contributed by atoms with Gasteiger partial charge in [-0.2, -0.15) is 0 Å². The largest absolute Gasteiger partial charge is 0.370 e. The first kappa shape index (κ1) is 17.5. The topological polar surface area (TPSA) is 93.5 Å². The van der Waals surface area contributed by atoms with Gasteiger partial charge in [-0.25, -0.2) is 0 Å². The molecule has 0 unspecified atom stereocenters. The normalized spacial score (nSPS) is 11.3. The molecule has 2 aromatic carbocycles. The summed E-state index contributed by atoms with van der Waals surface area (Å²) in [6.45, 7) is 2.67. The molecule has 126 valence electrons. The Morgan fingerprint density at radius 2 is 1.96 bits per heavy atom. The van der Waals surface area contributed by atoms with Crippen LogP contribution in [0.5, 0.6) is 0 Å². The molecular formula is C18H22N4O2. The number of non-ortho nitro benzene ring substituents is 1. The van der Waals surface area contributed by atoms with Gasteiger partial charge in [-0.15, -0.1) is 0 Å². The standard InChI is InChI=1S/C18H22N4O2/c1-14-5-4-7-16(13-14)21-18(19)20-12-3-2-6-15-8-10-17(11-9-15)22(23)24/h4-5,7-11,13H,2-3,6,12H2,1H3,(H3,19,20,21). The Morgan fingerprint density at radius 3 is 2.62 bits per heavy atom. The number of guanidine groups is 1. The third-order valence-corrected chi connectivity index (χ3v) is 3.59. The van der Waals surface area contributed by atoms with Crippen LogP contribution in [0.1, 0.15) is 24.0 Å². The third kappa shape index (κ3) is 5.72. The van der Waals surface area contributed by atoms with E-state index in [1.807, 2.05) is 31.2 Å². The van der Waals surface area contributed by atoms with Crippen molar-refractivity contribution < 1.29 is 4.92 Å². The molecule has 2 aromatic rings. The van der Waals surface area contributed by atoms with E-state index in [4.69, 9.17) is 5.73 Å². The molecule has 3 N–H and O–H groups in total. The molecule has 0 aliphatic carbocycles. The van der Waals surface area contributed by atoms with E-state index < -0.39 is 0 Å². The summed E-state index contributed by atoms with van der Waals surface area (Å²) in [6, 6.07) is 14.6. The second-order valence-corrected chi connectivity index (χ2v) is 5.64. The molecule has 0 spiro atoms. The van der Waals surface area contributed by atoms with Gasteiger partial charge in [0.05, 0.1) is 4.92 Å². The minimum absolute atomic E-state index is 0.123. The lowest BCUT2D eigenvalue weighted by atomic mass is 10.1. The molecule has 6 nitrogen and oxygen atoms in total. The summed E-state index contributed by atoms with van der Waals surface area (Å²) in [6.07, 6.45) is 2.74. The van der Waals surface area contributed by atoms with Gasteiger partial charge in [-0.05, 0) is 49.4 Å². The number of unbranched alkanes of at least 4 members (excludes halogenated alkanes) is 1. The van der Waals surface area contributed by atoms with Crippen LogP contribution in [0.3, 0.4) is 0 Å². The molecule has 6 heteroatoms. The van der Waals surface area contributed by atoms with Crippen molar-refractivity contribution in [2.75, 3.05) is 11.9 Å². The van der Waals surface area contributed by atoms with Crippen molar-refractivity contribution in [3.05, 3.63) is 69.8 Å². The SMILES string of the molecule is Cc1cccc(NC(N)=NCCCCc2ccc([N+](=O)[O-])cc2)c1. The predicted molar refractivity (Wildman–Crippen MR) is 97.3 cm³/mol. The third-order valence-electron chi connectivity index (χ3n) is 3.59. The minimum Gasteiger partial charge on any atom is -0.370 e. The molecule has 0 radical (unpaired) electrons. The molecule has 0 fully saturated rings. The average molecular weight is 326 g/mol. The number of nitro groups is 1. The second kappa shape index (κ2) is 8.67. The Morgan fingerprint density at radius 1 is 1.21 bits per heavy atom. The van der Waals surface area contributed by atoms with Crippen LogP contribution in [0, 0.1) is 17.0 Å². The number of nitrogens with two attached hydrogens (primary N) is 1. The molecule has 0 saturated carbocycles. The van der Waals surface area contributed by atoms with E-state index in [0.717, 1.165) is 36.1 Å². The molecule has 0 amide bonds. The molecule has 0 aliphatic rings. The van der Waals surface area contributed by atoms with Crippen LogP contribution in [0.4, 0.5) is 11.4 Å². The van der Waals surface area contributed by atoms with E-state index in [9.17, 15) is 10.1 Å². The Bertz CT molecular complexity index is 711. The van der Waals surface area contributed by atoms with Crippen LogP contribution in [-0.2, 0) is 6.42 Å². The number of aliphatic imine (C=N–C) groups is 1. The van der Waals surface area contributed by atoms with Crippen molar-refractivity contribution in [1.82, 2.24) is 0 Å². The zero-order valence-corrected chi connectivity index (χ0v) is 13.7. The van der Waals surface area contributed by atoms with Crippen LogP contribution in [0.15, 0.2) is 53.5 Å². The molecular weight excluding hydrogens is 304 g/mol. The van der Waals surface area contributed by atoms with Gasteiger partial charge in [-0.3, -0.25) is 15.1 Å². The van der Waals surface area contributed by atoms with E-state index in [0.29, 0.717) is 12.5 Å². The first-order valence-electron chi connectivity index (χ1n) is 7.91. The van der Waals surface area contributed by atoms with Gasteiger partial charge < -0.3 is 11.1 Å². The molecule has 0 bridgehead atoms. The van der Waals surface area contributed by atoms with Gasteiger partial charge in [0.25, 0.3) is 5.69 Å². The minimum atomic E-state index is -0.386. The average Bonchev–Trinajstić information content (AvgIpc) is 2.55. The van der Waals surface area contributed by atoms with Crippen molar-refractivity contribution in [3.63, 3.8) is 0 Å². The van der Waals surface area contributed by atoms with Gasteiger partial charge >= 0.3 is 0 Å². The Kier molecular flexibility index (Phi) is 6.31. The number of anilines is 1. The molecule has 0 aliphatic heterocycles. The van der Waals surface area contributed by atoms with Gasteiger partial charge in [0, 0.05) is 24.4 Å². The zero-order valence-electron chi connectivity index (χ0n) is 13.7. The van der Waals surface area contributed by atoms with Crippen LogP contribution >= 0.6 is 0 Å². The summed E-state index contributed by atoms with van der Waals surface area (Å²) in [7, 11) is 0. The Hall–Kier alpha value is -2.89. The maximum Gasteiger partial charge on any atom is 0.269 e. The van der Waals surface area contributed by atoms with Crippen molar-refractivity contribution in [3.8, 4) is 0 Å². The summed E-state index contributed by atoms with van der Waals surface area (Å²) < 4.78 is 0. The van der Waals surface area contributed by atoms with Crippen molar-refractivity contribution in [2.45, 2.75) is 26.2 Å². The monoisotopic (exact) mass is 326 g/mol. The van der Waals surface area contributed by atoms with Crippen LogP contribution in [-0.4, -0.2) is 17.4 Å². The van der Waals surface area contributed by atoms with E-state index in [-0.39, 0.29) is 10.6 Å². The van der Waals surface area contributed by atoms with E-state index in [1.165, 1.54) is 12.1 Å². The summed E-state index contributed by atoms with van der Waals surface area (Å²) in [4.78, 5) is 14.5. The molecule has 0 saturated heterocycles. The number of aryl methyl sites for hydroxylation is 2. The van der Waals surface area contributed by atoms with E-state index in [2.05, 4.69) is 10.3 Å². The maximum atomic E-state index is 10.6. The smallest absolute Gasteiger partial charge is 0.269 e. The fourth-order valence-electron chi connectivity index (χ4n) is 2.33. The maximum absolute atomic E-state index is 10.6. The van der Waals surface area contributed by atoms with E-state index in [1.54, 1.807) is 12.1 Å². The fourth-order valence-corrected chi connectivity index (χ4v) is 2.33. The highest BCUT2D eigenvalue weighted by molar-refractivity contribution is 5.92. The number of benzene rings is 2.